The molecule has 0 spiro atoms. The van der Waals surface area contributed by atoms with Gasteiger partial charge in [0.15, 0.2) is 0 Å². The Bertz CT molecular complexity index is 213. The van der Waals surface area contributed by atoms with Gasteiger partial charge in [-0.1, -0.05) is 0 Å². The van der Waals surface area contributed by atoms with E-state index in [1.807, 2.05) is 0 Å². The predicted octanol–water partition coefficient (Wildman–Crippen LogP) is 1.01. The van der Waals surface area contributed by atoms with Crippen molar-refractivity contribution in [3.8, 4) is 0 Å². The van der Waals surface area contributed by atoms with E-state index in [9.17, 15) is 4.79 Å². The van der Waals surface area contributed by atoms with Crippen LogP contribution in [0.3, 0.4) is 0 Å². The van der Waals surface area contributed by atoms with Gasteiger partial charge in [0, 0.05) is 25.2 Å². The normalized spacial score (nSPS) is 20.7. The highest BCUT2D eigenvalue weighted by Crippen LogP contribution is 2.09. The zero-order valence-electron chi connectivity index (χ0n) is 10.7. The van der Waals surface area contributed by atoms with Gasteiger partial charge in [-0.25, -0.2) is 0 Å². The summed E-state index contributed by atoms with van der Waals surface area (Å²) in [7, 11) is 1.45. The van der Waals surface area contributed by atoms with Gasteiger partial charge in [-0.15, -0.1) is 0 Å². The highest BCUT2D eigenvalue weighted by atomic mass is 16.5. The summed E-state index contributed by atoms with van der Waals surface area (Å²) in [5.41, 5.74) is 0. The van der Waals surface area contributed by atoms with E-state index in [4.69, 9.17) is 0 Å². The summed E-state index contributed by atoms with van der Waals surface area (Å²) in [5.74, 6) is -0.120. The lowest BCUT2D eigenvalue weighted by atomic mass is 10.2. The van der Waals surface area contributed by atoms with E-state index < -0.39 is 0 Å². The Kier molecular flexibility index (Phi) is 5.77. The summed E-state index contributed by atoms with van der Waals surface area (Å²) in [6.07, 6.45) is 3.01. The van der Waals surface area contributed by atoms with Crippen LogP contribution < -0.4 is 5.32 Å². The molecule has 16 heavy (non-hydrogen) atoms. The maximum Gasteiger partial charge on any atom is 0.306 e. The number of ether oxygens (including phenoxy) is 1. The minimum atomic E-state index is -0.120. The number of rotatable bonds is 6. The van der Waals surface area contributed by atoms with Gasteiger partial charge in [0.05, 0.1) is 13.5 Å². The van der Waals surface area contributed by atoms with Crippen LogP contribution in [-0.2, 0) is 9.53 Å². The fraction of sp³-hybridized carbons (Fsp3) is 0.917. The van der Waals surface area contributed by atoms with Gasteiger partial charge < -0.3 is 10.1 Å². The molecule has 0 aromatic rings. The highest BCUT2D eigenvalue weighted by Gasteiger charge is 2.20. The van der Waals surface area contributed by atoms with Crippen LogP contribution in [0.15, 0.2) is 0 Å². The first-order chi connectivity index (χ1) is 7.63. The molecule has 1 rings (SSSR count). The second-order valence-electron chi connectivity index (χ2n) is 4.71. The summed E-state index contributed by atoms with van der Waals surface area (Å²) in [4.78, 5) is 13.5. The molecule has 0 aromatic carbocycles. The fourth-order valence-electron chi connectivity index (χ4n) is 2.09. The molecular formula is C12H24N2O2. The molecule has 0 bridgehead atoms. The van der Waals surface area contributed by atoms with Crippen molar-refractivity contribution in [2.24, 2.45) is 0 Å². The van der Waals surface area contributed by atoms with E-state index in [1.54, 1.807) is 0 Å². The van der Waals surface area contributed by atoms with E-state index >= 15 is 0 Å². The topological polar surface area (TPSA) is 41.6 Å². The van der Waals surface area contributed by atoms with Crippen molar-refractivity contribution in [2.45, 2.75) is 45.2 Å². The van der Waals surface area contributed by atoms with Gasteiger partial charge in [-0.2, -0.15) is 0 Å². The molecule has 1 N–H and O–H groups in total. The summed E-state index contributed by atoms with van der Waals surface area (Å²) in [6, 6.07) is 1.08. The third kappa shape index (κ3) is 4.49. The van der Waals surface area contributed by atoms with E-state index in [1.165, 1.54) is 20.0 Å². The van der Waals surface area contributed by atoms with Crippen LogP contribution in [0.5, 0.6) is 0 Å². The number of esters is 1. The van der Waals surface area contributed by atoms with Crippen LogP contribution >= 0.6 is 0 Å². The average molecular weight is 228 g/mol. The summed E-state index contributed by atoms with van der Waals surface area (Å²) < 4.78 is 4.67. The number of nitrogens with zero attached hydrogens (tertiary/aromatic N) is 1. The lowest BCUT2D eigenvalue weighted by molar-refractivity contribution is -0.141. The number of hydrogen-bond donors (Lipinski definition) is 1. The summed E-state index contributed by atoms with van der Waals surface area (Å²) >= 11 is 0. The van der Waals surface area contributed by atoms with Crippen molar-refractivity contribution in [1.29, 1.82) is 0 Å². The average Bonchev–Trinajstić information content (AvgIpc) is 2.75. The molecule has 1 aliphatic heterocycles. The molecule has 1 saturated heterocycles. The maximum atomic E-state index is 11.1. The maximum absolute atomic E-state index is 11.1. The first-order valence-electron chi connectivity index (χ1n) is 6.17. The van der Waals surface area contributed by atoms with Crippen molar-refractivity contribution < 1.29 is 9.53 Å². The molecule has 1 heterocycles. The SMILES string of the molecule is COC(=O)CCN(CC1CCCN1)C(C)C. The summed E-state index contributed by atoms with van der Waals surface area (Å²) in [6.45, 7) is 7.31. The molecule has 1 unspecified atom stereocenters. The zero-order valence-corrected chi connectivity index (χ0v) is 10.7. The van der Waals surface area contributed by atoms with Crippen LogP contribution in [0.25, 0.3) is 0 Å². The molecule has 0 aromatic heterocycles. The Morgan fingerprint density at radius 3 is 2.81 bits per heavy atom. The smallest absolute Gasteiger partial charge is 0.306 e. The molecule has 1 atom stereocenters. The monoisotopic (exact) mass is 228 g/mol. The fourth-order valence-corrected chi connectivity index (χ4v) is 2.09. The highest BCUT2D eigenvalue weighted by molar-refractivity contribution is 5.69. The zero-order chi connectivity index (χ0) is 12.0. The minimum Gasteiger partial charge on any atom is -0.469 e. The van der Waals surface area contributed by atoms with E-state index in [2.05, 4.69) is 28.8 Å². The van der Waals surface area contributed by atoms with Crippen LogP contribution in [0.2, 0.25) is 0 Å². The molecule has 4 heteroatoms. The van der Waals surface area contributed by atoms with Crippen molar-refractivity contribution in [3.05, 3.63) is 0 Å². The molecule has 4 nitrogen and oxygen atoms in total. The van der Waals surface area contributed by atoms with Crippen LogP contribution in [0.1, 0.15) is 33.1 Å². The van der Waals surface area contributed by atoms with E-state index in [0.29, 0.717) is 18.5 Å². The third-order valence-electron chi connectivity index (χ3n) is 3.18. The minimum absolute atomic E-state index is 0.120. The van der Waals surface area contributed by atoms with Gasteiger partial charge in [-0.3, -0.25) is 9.69 Å². The number of carbonyl (C=O) groups excluding carboxylic acids is 1. The quantitative estimate of drug-likeness (QED) is 0.689. The Morgan fingerprint density at radius 1 is 1.56 bits per heavy atom. The van der Waals surface area contributed by atoms with Crippen molar-refractivity contribution >= 4 is 5.97 Å². The third-order valence-corrected chi connectivity index (χ3v) is 3.18. The van der Waals surface area contributed by atoms with Crippen LogP contribution in [0.4, 0.5) is 0 Å². The van der Waals surface area contributed by atoms with Crippen molar-refractivity contribution in [1.82, 2.24) is 10.2 Å². The molecular weight excluding hydrogens is 204 g/mol. The Morgan fingerprint density at radius 2 is 2.31 bits per heavy atom. The van der Waals surface area contributed by atoms with Gasteiger partial charge >= 0.3 is 5.97 Å². The number of nitrogens with one attached hydrogen (secondary N) is 1. The Balaban J connectivity index is 2.31. The lowest BCUT2D eigenvalue weighted by Gasteiger charge is -2.28. The predicted molar refractivity (Wildman–Crippen MR) is 64.4 cm³/mol. The van der Waals surface area contributed by atoms with Gasteiger partial charge in [-0.05, 0) is 33.2 Å². The number of carbonyl (C=O) groups is 1. The standard InChI is InChI=1S/C12H24N2O2/c1-10(2)14(8-6-12(15)16-3)9-11-5-4-7-13-11/h10-11,13H,4-9H2,1-3H3. The van der Waals surface area contributed by atoms with E-state index in [0.717, 1.165) is 19.6 Å². The Hall–Kier alpha value is -0.610. The molecule has 1 aliphatic rings. The van der Waals surface area contributed by atoms with Crippen molar-refractivity contribution in [2.75, 3.05) is 26.7 Å². The second-order valence-corrected chi connectivity index (χ2v) is 4.71. The van der Waals surface area contributed by atoms with E-state index in [-0.39, 0.29) is 5.97 Å². The lowest BCUT2D eigenvalue weighted by Crippen LogP contribution is -2.42. The molecule has 0 amide bonds. The molecule has 94 valence electrons. The first-order valence-corrected chi connectivity index (χ1v) is 6.17. The number of hydrogen-bond acceptors (Lipinski definition) is 4. The number of methoxy groups -OCH3 is 1. The molecule has 0 radical (unpaired) electrons. The summed E-state index contributed by atoms with van der Waals surface area (Å²) in [5, 5.41) is 3.49. The molecule has 1 fully saturated rings. The second kappa shape index (κ2) is 6.86. The van der Waals surface area contributed by atoms with Gasteiger partial charge in [0.2, 0.25) is 0 Å². The Labute approximate surface area is 98.3 Å². The largest absolute Gasteiger partial charge is 0.469 e. The van der Waals surface area contributed by atoms with Crippen LogP contribution in [0, 0.1) is 0 Å². The molecule has 0 aliphatic carbocycles. The molecule has 0 saturated carbocycles. The first kappa shape index (κ1) is 13.5. The van der Waals surface area contributed by atoms with Gasteiger partial charge in [0.25, 0.3) is 0 Å². The van der Waals surface area contributed by atoms with Crippen molar-refractivity contribution in [3.63, 3.8) is 0 Å². The van der Waals surface area contributed by atoms with Gasteiger partial charge in [0.1, 0.15) is 0 Å². The van der Waals surface area contributed by atoms with Crippen LogP contribution in [-0.4, -0.2) is 49.7 Å².